The molecule has 6 heteroatoms. The smallest absolute Gasteiger partial charge is 0.260 e. The van der Waals surface area contributed by atoms with Gasteiger partial charge in [-0.25, -0.2) is 4.39 Å². The summed E-state index contributed by atoms with van der Waals surface area (Å²) in [6, 6.07) is 3.91. The van der Waals surface area contributed by atoms with Gasteiger partial charge in [0.1, 0.15) is 11.6 Å². The second-order valence-corrected chi connectivity index (χ2v) is 6.47. The van der Waals surface area contributed by atoms with Crippen LogP contribution >= 0.6 is 11.6 Å². The van der Waals surface area contributed by atoms with Gasteiger partial charge in [-0.2, -0.15) is 0 Å². The van der Waals surface area contributed by atoms with Crippen molar-refractivity contribution in [3.8, 4) is 5.75 Å². The fourth-order valence-electron chi connectivity index (χ4n) is 2.41. The molecule has 0 aliphatic carbocycles. The molecule has 1 saturated heterocycles. The molecule has 116 valence electrons. The lowest BCUT2D eigenvalue weighted by Gasteiger charge is -2.42. The Hall–Kier alpha value is -1.33. The van der Waals surface area contributed by atoms with Crippen molar-refractivity contribution >= 4 is 17.5 Å². The number of benzene rings is 1. The van der Waals surface area contributed by atoms with E-state index in [0.717, 1.165) is 12.5 Å². The Balaban J connectivity index is 1.93. The van der Waals surface area contributed by atoms with Crippen LogP contribution in [-0.4, -0.2) is 36.5 Å². The van der Waals surface area contributed by atoms with E-state index in [-0.39, 0.29) is 29.0 Å². The van der Waals surface area contributed by atoms with Gasteiger partial charge in [0.15, 0.2) is 6.61 Å². The fraction of sp³-hybridized carbons (Fsp3) is 0.533. The van der Waals surface area contributed by atoms with Crippen LogP contribution in [0.15, 0.2) is 18.2 Å². The molecule has 1 heterocycles. The summed E-state index contributed by atoms with van der Waals surface area (Å²) >= 11 is 5.86. The number of hydrogen-bond acceptors (Lipinski definition) is 3. The van der Waals surface area contributed by atoms with E-state index >= 15 is 0 Å². The molecule has 1 unspecified atom stereocenters. The van der Waals surface area contributed by atoms with Crippen LogP contribution < -0.4 is 10.5 Å². The summed E-state index contributed by atoms with van der Waals surface area (Å²) in [6.07, 6.45) is 0.774. The molecule has 0 saturated carbocycles. The zero-order valence-electron chi connectivity index (χ0n) is 12.2. The van der Waals surface area contributed by atoms with Gasteiger partial charge in [-0.3, -0.25) is 4.79 Å². The van der Waals surface area contributed by atoms with Crippen molar-refractivity contribution in [2.24, 2.45) is 11.1 Å². The number of carbonyl (C=O) groups excluding carboxylic acids is 1. The Bertz CT molecular complexity index is 536. The molecule has 1 atom stereocenters. The minimum absolute atomic E-state index is 0.0917. The van der Waals surface area contributed by atoms with Crippen molar-refractivity contribution in [2.75, 3.05) is 19.7 Å². The lowest BCUT2D eigenvalue weighted by atomic mass is 9.80. The van der Waals surface area contributed by atoms with Gasteiger partial charge >= 0.3 is 0 Å². The van der Waals surface area contributed by atoms with Crippen LogP contribution in [-0.2, 0) is 4.79 Å². The summed E-state index contributed by atoms with van der Waals surface area (Å²) in [6.45, 7) is 5.22. The van der Waals surface area contributed by atoms with E-state index in [4.69, 9.17) is 22.1 Å². The third-order valence-electron chi connectivity index (χ3n) is 3.91. The zero-order chi connectivity index (χ0) is 15.6. The van der Waals surface area contributed by atoms with E-state index in [1.54, 1.807) is 4.90 Å². The molecule has 1 aliphatic rings. The molecule has 1 aliphatic heterocycles. The number of nitrogens with two attached hydrogens (primary N) is 1. The van der Waals surface area contributed by atoms with Crippen molar-refractivity contribution in [3.05, 3.63) is 29.0 Å². The topological polar surface area (TPSA) is 55.6 Å². The number of halogens is 2. The van der Waals surface area contributed by atoms with Crippen molar-refractivity contribution in [1.82, 2.24) is 4.90 Å². The highest BCUT2D eigenvalue weighted by molar-refractivity contribution is 6.32. The summed E-state index contributed by atoms with van der Waals surface area (Å²) in [4.78, 5) is 13.9. The lowest BCUT2D eigenvalue weighted by Crippen LogP contribution is -2.54. The SMILES string of the molecule is CC1(C)CN(C(=O)COc2ccc(F)cc2Cl)CCC1N. The van der Waals surface area contributed by atoms with E-state index < -0.39 is 5.82 Å². The van der Waals surface area contributed by atoms with Crippen LogP contribution in [0.3, 0.4) is 0 Å². The number of hydrogen-bond donors (Lipinski definition) is 1. The maximum atomic E-state index is 12.9. The monoisotopic (exact) mass is 314 g/mol. The molecule has 2 N–H and O–H groups in total. The summed E-state index contributed by atoms with van der Waals surface area (Å²) in [5, 5.41) is 0.156. The molecule has 4 nitrogen and oxygen atoms in total. The number of rotatable bonds is 3. The first kappa shape index (κ1) is 16.0. The van der Waals surface area contributed by atoms with Gasteiger partial charge in [0, 0.05) is 19.1 Å². The van der Waals surface area contributed by atoms with Gasteiger partial charge in [-0.05, 0) is 30.0 Å². The van der Waals surface area contributed by atoms with E-state index in [1.165, 1.54) is 12.1 Å². The number of amides is 1. The Labute approximate surface area is 129 Å². The average Bonchev–Trinajstić information content (AvgIpc) is 2.40. The third-order valence-corrected chi connectivity index (χ3v) is 4.21. The number of ether oxygens (including phenoxy) is 1. The van der Waals surface area contributed by atoms with Crippen LogP contribution in [0, 0.1) is 11.2 Å². The van der Waals surface area contributed by atoms with Gasteiger partial charge in [0.05, 0.1) is 5.02 Å². The molecular weight excluding hydrogens is 295 g/mol. The Morgan fingerprint density at radius 2 is 2.29 bits per heavy atom. The summed E-state index contributed by atoms with van der Waals surface area (Å²) in [5.41, 5.74) is 5.94. The predicted molar refractivity (Wildman–Crippen MR) is 79.9 cm³/mol. The van der Waals surface area contributed by atoms with Crippen LogP contribution in [0.25, 0.3) is 0 Å². The van der Waals surface area contributed by atoms with Gasteiger partial charge in [0.25, 0.3) is 5.91 Å². The van der Waals surface area contributed by atoms with Crippen molar-refractivity contribution in [1.29, 1.82) is 0 Å². The van der Waals surface area contributed by atoms with Crippen LogP contribution in [0.1, 0.15) is 20.3 Å². The molecule has 1 aromatic rings. The molecule has 0 aromatic heterocycles. The maximum Gasteiger partial charge on any atom is 0.260 e. The number of carbonyl (C=O) groups is 1. The first-order valence-electron chi connectivity index (χ1n) is 6.91. The quantitative estimate of drug-likeness (QED) is 0.932. The molecule has 2 rings (SSSR count). The van der Waals surface area contributed by atoms with Crippen LogP contribution in [0.2, 0.25) is 5.02 Å². The largest absolute Gasteiger partial charge is 0.482 e. The van der Waals surface area contributed by atoms with Crippen molar-refractivity contribution < 1.29 is 13.9 Å². The average molecular weight is 315 g/mol. The molecule has 1 fully saturated rings. The maximum absolute atomic E-state index is 12.9. The third kappa shape index (κ3) is 3.86. The second-order valence-electron chi connectivity index (χ2n) is 6.06. The molecule has 1 amide bonds. The van der Waals surface area contributed by atoms with Gasteiger partial charge in [-0.1, -0.05) is 25.4 Å². The van der Waals surface area contributed by atoms with Crippen molar-refractivity contribution in [2.45, 2.75) is 26.3 Å². The Kier molecular flexibility index (Phi) is 4.74. The van der Waals surface area contributed by atoms with Gasteiger partial charge < -0.3 is 15.4 Å². The molecule has 0 spiro atoms. The zero-order valence-corrected chi connectivity index (χ0v) is 13.0. The van der Waals surface area contributed by atoms with Gasteiger partial charge in [0.2, 0.25) is 0 Å². The molecule has 0 bridgehead atoms. The Morgan fingerprint density at radius 3 is 2.90 bits per heavy atom. The first-order valence-corrected chi connectivity index (χ1v) is 7.28. The van der Waals surface area contributed by atoms with Crippen molar-refractivity contribution in [3.63, 3.8) is 0 Å². The highest BCUT2D eigenvalue weighted by atomic mass is 35.5. The van der Waals surface area contributed by atoms with E-state index in [2.05, 4.69) is 13.8 Å². The first-order chi connectivity index (χ1) is 9.79. The summed E-state index contributed by atoms with van der Waals surface area (Å²) in [5.74, 6) is -0.250. The second kappa shape index (κ2) is 6.20. The van der Waals surface area contributed by atoms with E-state index in [1.807, 2.05) is 0 Å². The number of likely N-dealkylation sites (tertiary alicyclic amines) is 1. The normalized spacial score (nSPS) is 21.2. The minimum atomic E-state index is -0.439. The lowest BCUT2D eigenvalue weighted by molar-refractivity contribution is -0.136. The van der Waals surface area contributed by atoms with Gasteiger partial charge in [-0.15, -0.1) is 0 Å². The summed E-state index contributed by atoms with van der Waals surface area (Å²) in [7, 11) is 0. The Morgan fingerprint density at radius 1 is 1.57 bits per heavy atom. The number of piperidine rings is 1. The van der Waals surface area contributed by atoms with E-state index in [9.17, 15) is 9.18 Å². The minimum Gasteiger partial charge on any atom is -0.482 e. The van der Waals surface area contributed by atoms with E-state index in [0.29, 0.717) is 18.8 Å². The fourth-order valence-corrected chi connectivity index (χ4v) is 2.63. The van der Waals surface area contributed by atoms with Crippen LogP contribution in [0.4, 0.5) is 4.39 Å². The molecule has 21 heavy (non-hydrogen) atoms. The molecular formula is C15H20ClFN2O2. The standard InChI is InChI=1S/C15H20ClFN2O2/c1-15(2)9-19(6-5-13(15)18)14(20)8-21-12-4-3-10(17)7-11(12)16/h3-4,7,13H,5-6,8-9,18H2,1-2H3. The highest BCUT2D eigenvalue weighted by Gasteiger charge is 2.35. The molecule has 1 aromatic carbocycles. The van der Waals surface area contributed by atoms with Crippen LogP contribution in [0.5, 0.6) is 5.75 Å². The predicted octanol–water partition coefficient (Wildman–Crippen LogP) is 2.44. The molecule has 0 radical (unpaired) electrons. The summed E-state index contributed by atoms with van der Waals surface area (Å²) < 4.78 is 18.3. The number of nitrogens with zero attached hydrogens (tertiary/aromatic N) is 1. The highest BCUT2D eigenvalue weighted by Crippen LogP contribution is 2.28.